The van der Waals surface area contributed by atoms with Crippen LogP contribution in [0.1, 0.15) is 33.6 Å². The Morgan fingerprint density at radius 3 is 2.12 bits per heavy atom. The quantitative estimate of drug-likeness (QED) is 0.796. The molecular formula is C13H21NO3. The van der Waals surface area contributed by atoms with Crippen molar-refractivity contribution in [1.29, 1.82) is 0 Å². The Morgan fingerprint density at radius 2 is 1.71 bits per heavy atom. The fourth-order valence-corrected chi connectivity index (χ4v) is 2.99. The fourth-order valence-electron chi connectivity index (χ4n) is 2.99. The van der Waals surface area contributed by atoms with Gasteiger partial charge < -0.3 is 10.0 Å². The summed E-state index contributed by atoms with van der Waals surface area (Å²) in [6, 6.07) is 0. The topological polar surface area (TPSA) is 57.6 Å². The summed E-state index contributed by atoms with van der Waals surface area (Å²) < 4.78 is 0. The largest absolute Gasteiger partial charge is 0.481 e. The van der Waals surface area contributed by atoms with Crippen molar-refractivity contribution in [3.8, 4) is 0 Å². The number of amides is 1. The van der Waals surface area contributed by atoms with Gasteiger partial charge in [0.05, 0.1) is 11.8 Å². The van der Waals surface area contributed by atoms with Gasteiger partial charge in [0.25, 0.3) is 0 Å². The van der Waals surface area contributed by atoms with E-state index in [2.05, 4.69) is 6.92 Å². The molecule has 2 atom stereocenters. The molecule has 17 heavy (non-hydrogen) atoms. The molecule has 2 aliphatic rings. The van der Waals surface area contributed by atoms with E-state index in [1.165, 1.54) is 0 Å². The predicted octanol–water partition coefficient (Wildman–Crippen LogP) is 1.60. The second-order valence-corrected chi connectivity index (χ2v) is 6.12. The molecule has 0 aromatic rings. The minimum Gasteiger partial charge on any atom is -0.481 e. The zero-order valence-corrected chi connectivity index (χ0v) is 10.8. The van der Waals surface area contributed by atoms with Crippen molar-refractivity contribution in [2.45, 2.75) is 33.6 Å². The third-order valence-corrected chi connectivity index (χ3v) is 4.45. The van der Waals surface area contributed by atoms with Crippen LogP contribution < -0.4 is 0 Å². The van der Waals surface area contributed by atoms with E-state index in [4.69, 9.17) is 5.11 Å². The van der Waals surface area contributed by atoms with Crippen LogP contribution in [-0.2, 0) is 9.59 Å². The van der Waals surface area contributed by atoms with Crippen LogP contribution in [-0.4, -0.2) is 35.0 Å². The Balaban J connectivity index is 2.00. The maximum Gasteiger partial charge on any atom is 0.307 e. The van der Waals surface area contributed by atoms with E-state index in [1.54, 1.807) is 0 Å². The Morgan fingerprint density at radius 1 is 1.18 bits per heavy atom. The first kappa shape index (κ1) is 12.4. The molecule has 1 aliphatic heterocycles. The summed E-state index contributed by atoms with van der Waals surface area (Å²) in [6.07, 6.45) is 2.08. The summed E-state index contributed by atoms with van der Waals surface area (Å²) >= 11 is 0. The van der Waals surface area contributed by atoms with Crippen LogP contribution in [0.15, 0.2) is 0 Å². The fraction of sp³-hybridized carbons (Fsp3) is 0.846. The van der Waals surface area contributed by atoms with Crippen LogP contribution in [0.3, 0.4) is 0 Å². The van der Waals surface area contributed by atoms with Gasteiger partial charge in [0.1, 0.15) is 0 Å². The Bertz CT molecular complexity index is 343. The number of hydrogen-bond donors (Lipinski definition) is 1. The van der Waals surface area contributed by atoms with E-state index in [0.29, 0.717) is 5.92 Å². The van der Waals surface area contributed by atoms with Gasteiger partial charge in [0, 0.05) is 13.1 Å². The number of nitrogens with zero attached hydrogens (tertiary/aromatic N) is 1. The number of likely N-dealkylation sites (tertiary alicyclic amines) is 1. The van der Waals surface area contributed by atoms with Crippen molar-refractivity contribution < 1.29 is 14.7 Å². The number of carboxylic acid groups (broad SMARTS) is 1. The molecule has 4 nitrogen and oxygen atoms in total. The van der Waals surface area contributed by atoms with Gasteiger partial charge in [-0.3, -0.25) is 9.59 Å². The van der Waals surface area contributed by atoms with Crippen molar-refractivity contribution in [2.75, 3.05) is 13.1 Å². The van der Waals surface area contributed by atoms with Crippen molar-refractivity contribution in [1.82, 2.24) is 4.90 Å². The predicted molar refractivity (Wildman–Crippen MR) is 63.4 cm³/mol. The van der Waals surface area contributed by atoms with Crippen LogP contribution in [0.2, 0.25) is 0 Å². The second-order valence-electron chi connectivity index (χ2n) is 6.12. The Kier molecular flexibility index (Phi) is 2.92. The van der Waals surface area contributed by atoms with E-state index in [9.17, 15) is 9.59 Å². The lowest BCUT2D eigenvalue weighted by atomic mass is 9.98. The van der Waals surface area contributed by atoms with E-state index < -0.39 is 11.9 Å². The summed E-state index contributed by atoms with van der Waals surface area (Å²) in [6.45, 7) is 7.53. The van der Waals surface area contributed by atoms with E-state index >= 15 is 0 Å². The number of rotatable bonds is 2. The average Bonchev–Trinajstić information content (AvgIpc) is 2.82. The number of piperidine rings is 1. The number of hydrogen-bond acceptors (Lipinski definition) is 2. The van der Waals surface area contributed by atoms with Crippen molar-refractivity contribution in [3.63, 3.8) is 0 Å². The first-order valence-corrected chi connectivity index (χ1v) is 6.37. The summed E-state index contributed by atoms with van der Waals surface area (Å²) in [4.78, 5) is 25.2. The number of carbonyl (C=O) groups excluding carboxylic acids is 1. The molecule has 2 fully saturated rings. The summed E-state index contributed by atoms with van der Waals surface area (Å²) in [5.74, 6) is -0.905. The van der Waals surface area contributed by atoms with Crippen LogP contribution in [0.5, 0.6) is 0 Å². The maximum atomic E-state index is 12.3. The molecule has 1 saturated heterocycles. The smallest absolute Gasteiger partial charge is 0.307 e. The second kappa shape index (κ2) is 4.00. The van der Waals surface area contributed by atoms with Gasteiger partial charge in [-0.2, -0.15) is 0 Å². The molecule has 1 amide bonds. The van der Waals surface area contributed by atoms with Gasteiger partial charge in [0.2, 0.25) is 5.91 Å². The Hall–Kier alpha value is -1.06. The van der Waals surface area contributed by atoms with Gasteiger partial charge in [-0.05, 0) is 24.2 Å². The molecule has 0 bridgehead atoms. The summed E-state index contributed by atoms with van der Waals surface area (Å²) in [5, 5.41) is 9.08. The Labute approximate surface area is 102 Å². The molecule has 96 valence electrons. The lowest BCUT2D eigenvalue weighted by molar-refractivity contribution is -0.142. The summed E-state index contributed by atoms with van der Waals surface area (Å²) in [5.41, 5.74) is -0.369. The highest BCUT2D eigenvalue weighted by Crippen LogP contribution is 2.59. The zero-order chi connectivity index (χ0) is 12.8. The molecule has 0 aromatic carbocycles. The molecule has 1 N–H and O–H groups in total. The zero-order valence-electron chi connectivity index (χ0n) is 10.8. The molecule has 0 spiro atoms. The summed E-state index contributed by atoms with van der Waals surface area (Å²) in [7, 11) is 0. The van der Waals surface area contributed by atoms with Crippen LogP contribution >= 0.6 is 0 Å². The number of carboxylic acids is 1. The van der Waals surface area contributed by atoms with Gasteiger partial charge in [-0.1, -0.05) is 20.8 Å². The van der Waals surface area contributed by atoms with Gasteiger partial charge in [0.15, 0.2) is 0 Å². The van der Waals surface area contributed by atoms with Crippen molar-refractivity contribution in [2.24, 2.45) is 23.2 Å². The minimum absolute atomic E-state index is 0.0503. The van der Waals surface area contributed by atoms with Gasteiger partial charge in [-0.25, -0.2) is 0 Å². The standard InChI is InChI=1S/C13H21NO3/c1-8-4-6-14(7-5-8)11(15)9-10(12(16)17)13(9,2)3/h8-10H,4-7H2,1-3H3,(H,16,17). The molecule has 1 saturated carbocycles. The number of carbonyl (C=O) groups is 2. The van der Waals surface area contributed by atoms with E-state index in [-0.39, 0.29) is 17.2 Å². The molecule has 2 rings (SSSR count). The maximum absolute atomic E-state index is 12.3. The van der Waals surface area contributed by atoms with Gasteiger partial charge >= 0.3 is 5.97 Å². The lowest BCUT2D eigenvalue weighted by Crippen LogP contribution is -2.39. The highest BCUT2D eigenvalue weighted by molar-refractivity contribution is 5.91. The van der Waals surface area contributed by atoms with Crippen molar-refractivity contribution in [3.05, 3.63) is 0 Å². The molecular weight excluding hydrogens is 218 g/mol. The van der Waals surface area contributed by atoms with E-state index in [1.807, 2.05) is 18.7 Å². The minimum atomic E-state index is -0.835. The van der Waals surface area contributed by atoms with Gasteiger partial charge in [-0.15, -0.1) is 0 Å². The first-order chi connectivity index (χ1) is 7.85. The van der Waals surface area contributed by atoms with Crippen LogP contribution in [0.4, 0.5) is 0 Å². The molecule has 2 unspecified atom stereocenters. The third kappa shape index (κ3) is 2.05. The van der Waals surface area contributed by atoms with Crippen molar-refractivity contribution >= 4 is 11.9 Å². The molecule has 1 aliphatic carbocycles. The average molecular weight is 239 g/mol. The lowest BCUT2D eigenvalue weighted by Gasteiger charge is -2.30. The first-order valence-electron chi connectivity index (χ1n) is 6.37. The third-order valence-electron chi connectivity index (χ3n) is 4.45. The molecule has 4 heteroatoms. The van der Waals surface area contributed by atoms with E-state index in [0.717, 1.165) is 25.9 Å². The normalized spacial score (nSPS) is 32.3. The highest BCUT2D eigenvalue weighted by Gasteiger charge is 2.66. The highest BCUT2D eigenvalue weighted by atomic mass is 16.4. The molecule has 1 heterocycles. The van der Waals surface area contributed by atoms with Crippen LogP contribution in [0.25, 0.3) is 0 Å². The monoisotopic (exact) mass is 239 g/mol. The van der Waals surface area contributed by atoms with Crippen LogP contribution in [0, 0.1) is 23.2 Å². The molecule has 0 radical (unpaired) electrons. The number of aliphatic carboxylic acids is 1. The molecule has 0 aromatic heterocycles. The SMILES string of the molecule is CC1CCN(C(=O)C2C(C(=O)O)C2(C)C)CC1.